The van der Waals surface area contributed by atoms with Gasteiger partial charge in [0, 0.05) is 46.5 Å². The van der Waals surface area contributed by atoms with Crippen molar-refractivity contribution in [3.05, 3.63) is 83.4 Å². The lowest BCUT2D eigenvalue weighted by molar-refractivity contribution is 0.334. The van der Waals surface area contributed by atoms with Gasteiger partial charge in [0.2, 0.25) is 0 Å². The first-order chi connectivity index (χ1) is 18.8. The van der Waals surface area contributed by atoms with E-state index in [-0.39, 0.29) is 6.04 Å². The molecule has 3 aromatic rings. The first kappa shape index (κ1) is 32.6. The van der Waals surface area contributed by atoms with Gasteiger partial charge in [-0.1, -0.05) is 108 Å². The molecule has 0 saturated heterocycles. The van der Waals surface area contributed by atoms with E-state index in [1.165, 1.54) is 48.1 Å². The van der Waals surface area contributed by atoms with Gasteiger partial charge >= 0.3 is 0 Å². The summed E-state index contributed by atoms with van der Waals surface area (Å²) < 4.78 is 16.0. The number of fused-ring (bicyclic) bond motifs is 1. The van der Waals surface area contributed by atoms with Crippen LogP contribution in [0.3, 0.4) is 0 Å². The van der Waals surface area contributed by atoms with Crippen LogP contribution >= 0.6 is 0 Å². The van der Waals surface area contributed by atoms with Crippen LogP contribution in [0.4, 0.5) is 5.69 Å². The molecular formula is C33H52N4OS. The number of unbranched alkanes of at least 4 members (excludes halogenated alkanes) is 2. The second-order valence-corrected chi connectivity index (χ2v) is 12.9. The fourth-order valence-electron chi connectivity index (χ4n) is 4.49. The Morgan fingerprint density at radius 1 is 0.974 bits per heavy atom. The molecule has 39 heavy (non-hydrogen) atoms. The number of nitrogens with one attached hydrogen (secondary N) is 1. The smallest absolute Gasteiger partial charge is 0.0922 e. The molecule has 4 rings (SSSR count). The lowest BCUT2D eigenvalue weighted by Crippen LogP contribution is -2.46. The minimum Gasteiger partial charge on any atom is -0.364 e. The third kappa shape index (κ3) is 10.5. The van der Waals surface area contributed by atoms with Gasteiger partial charge in [0.15, 0.2) is 0 Å². The van der Waals surface area contributed by atoms with Crippen molar-refractivity contribution in [2.45, 2.75) is 99.2 Å². The van der Waals surface area contributed by atoms with Gasteiger partial charge < -0.3 is 9.88 Å². The predicted octanol–water partition coefficient (Wildman–Crippen LogP) is 7.81. The molecule has 2 atom stereocenters. The maximum absolute atomic E-state index is 13.8. The summed E-state index contributed by atoms with van der Waals surface area (Å²) in [6.07, 6.45) is 10.6. The largest absolute Gasteiger partial charge is 0.364 e. The molecule has 1 aliphatic heterocycles. The maximum atomic E-state index is 13.8. The van der Waals surface area contributed by atoms with Crippen molar-refractivity contribution in [1.82, 2.24) is 14.3 Å². The van der Waals surface area contributed by atoms with Gasteiger partial charge in [-0.2, -0.15) is 0 Å². The van der Waals surface area contributed by atoms with Gasteiger partial charge in [-0.05, 0) is 42.8 Å². The number of rotatable bonds is 9. The van der Waals surface area contributed by atoms with Crippen molar-refractivity contribution in [3.63, 3.8) is 0 Å². The SMILES string of the molecule is C=S(=O)(CCC)N1Cc2cc(C)ccc2N(Cc2cnc[nH]2)C[C@H]1Cc1ccccc1.CCCC.CCCC. The van der Waals surface area contributed by atoms with E-state index < -0.39 is 9.71 Å². The molecule has 1 aliphatic rings. The monoisotopic (exact) mass is 552 g/mol. The topological polar surface area (TPSA) is 52.2 Å². The van der Waals surface area contributed by atoms with Crippen LogP contribution in [0.1, 0.15) is 89.1 Å². The Labute approximate surface area is 239 Å². The average Bonchev–Trinajstić information content (AvgIpc) is 3.39. The first-order valence-electron chi connectivity index (χ1n) is 14.8. The molecule has 0 amide bonds. The Balaban J connectivity index is 0.000000590. The highest BCUT2D eigenvalue weighted by molar-refractivity contribution is 7.98. The van der Waals surface area contributed by atoms with Crippen molar-refractivity contribution < 1.29 is 4.21 Å². The Morgan fingerprint density at radius 3 is 2.21 bits per heavy atom. The number of benzene rings is 2. The molecule has 0 fully saturated rings. The minimum absolute atomic E-state index is 0.0922. The molecule has 1 N–H and O–H groups in total. The molecular weight excluding hydrogens is 500 g/mol. The van der Waals surface area contributed by atoms with Gasteiger partial charge in [0.25, 0.3) is 0 Å². The highest BCUT2D eigenvalue weighted by Gasteiger charge is 2.32. The number of aromatic nitrogens is 2. The van der Waals surface area contributed by atoms with E-state index >= 15 is 0 Å². The third-order valence-corrected chi connectivity index (χ3v) is 9.25. The number of H-pyrrole nitrogens is 1. The predicted molar refractivity (Wildman–Crippen MR) is 172 cm³/mol. The van der Waals surface area contributed by atoms with Crippen molar-refractivity contribution >= 4 is 21.3 Å². The lowest BCUT2D eigenvalue weighted by Gasteiger charge is -2.34. The molecule has 2 heterocycles. The Bertz CT molecular complexity index is 1150. The highest BCUT2D eigenvalue weighted by atomic mass is 32.2. The van der Waals surface area contributed by atoms with E-state index in [0.717, 1.165) is 31.6 Å². The Hall–Kier alpha value is -2.57. The van der Waals surface area contributed by atoms with Crippen LogP contribution in [0.15, 0.2) is 61.1 Å². The van der Waals surface area contributed by atoms with Crippen LogP contribution in [0, 0.1) is 6.92 Å². The van der Waals surface area contributed by atoms with E-state index in [1.54, 1.807) is 6.33 Å². The van der Waals surface area contributed by atoms with E-state index in [2.05, 4.69) is 109 Å². The summed E-state index contributed by atoms with van der Waals surface area (Å²) >= 11 is 0. The summed E-state index contributed by atoms with van der Waals surface area (Å²) in [5.74, 6) is 4.84. The Morgan fingerprint density at radius 2 is 1.64 bits per heavy atom. The van der Waals surface area contributed by atoms with Gasteiger partial charge in [-0.15, -0.1) is 0 Å². The van der Waals surface area contributed by atoms with E-state index in [4.69, 9.17) is 0 Å². The van der Waals surface area contributed by atoms with Crippen molar-refractivity contribution in [3.8, 4) is 0 Å². The quantitative estimate of drug-likeness (QED) is 0.276. The number of imidazole rings is 1. The second kappa shape index (κ2) is 17.2. The summed E-state index contributed by atoms with van der Waals surface area (Å²) in [4.78, 5) is 9.84. The zero-order valence-electron chi connectivity index (χ0n) is 25.3. The second-order valence-electron chi connectivity index (χ2n) is 10.5. The molecule has 5 nitrogen and oxygen atoms in total. The van der Waals surface area contributed by atoms with Crippen LogP contribution in [0.25, 0.3) is 0 Å². The number of aromatic amines is 1. The molecule has 0 saturated carbocycles. The highest BCUT2D eigenvalue weighted by Crippen LogP contribution is 2.32. The number of aryl methyl sites for hydroxylation is 1. The molecule has 6 heteroatoms. The van der Waals surface area contributed by atoms with Gasteiger partial charge in [-0.25, -0.2) is 9.29 Å². The third-order valence-electron chi connectivity index (χ3n) is 6.92. The number of hydrogen-bond acceptors (Lipinski definition) is 3. The van der Waals surface area contributed by atoms with Crippen LogP contribution in [0.5, 0.6) is 0 Å². The van der Waals surface area contributed by atoms with E-state index in [0.29, 0.717) is 12.3 Å². The summed E-state index contributed by atoms with van der Waals surface area (Å²) in [7, 11) is -2.38. The molecule has 0 spiro atoms. The van der Waals surface area contributed by atoms with Crippen molar-refractivity contribution in [1.29, 1.82) is 0 Å². The molecule has 216 valence electrons. The number of hydrogen-bond donors (Lipinski definition) is 1. The molecule has 0 aliphatic carbocycles. The van der Waals surface area contributed by atoms with E-state index in [9.17, 15) is 4.21 Å². The Kier molecular flexibility index (Phi) is 14.4. The average molecular weight is 553 g/mol. The maximum Gasteiger partial charge on any atom is 0.0922 e. The zero-order valence-corrected chi connectivity index (χ0v) is 26.1. The molecule has 1 unspecified atom stereocenters. The van der Waals surface area contributed by atoms with Crippen LogP contribution in [0.2, 0.25) is 0 Å². The standard InChI is InChI=1S/C25H32N4OS.2C4H10/c1-4-12-31(3,30)29-16-22-13-20(2)10-11-25(22)28(17-23-15-26-19-27-23)18-24(29)14-21-8-6-5-7-9-21;2*1-3-4-2/h5-11,13,15,19,24H,3-4,12,14,16-18H2,1-2H3,(H,26,27);2*3-4H2,1-2H3/t24-,31?;;/m1../s1. The lowest BCUT2D eigenvalue weighted by atomic mass is 10.1. The van der Waals surface area contributed by atoms with Gasteiger partial charge in [0.05, 0.1) is 18.6 Å². The summed E-state index contributed by atoms with van der Waals surface area (Å²) in [6.45, 7) is 15.1. The van der Waals surface area contributed by atoms with Crippen LogP contribution < -0.4 is 4.90 Å². The molecule has 0 bridgehead atoms. The summed E-state index contributed by atoms with van der Waals surface area (Å²) in [5, 5.41) is 0. The van der Waals surface area contributed by atoms with Gasteiger partial charge in [-0.3, -0.25) is 4.21 Å². The molecule has 0 radical (unpaired) electrons. The fraction of sp³-hybridized carbons (Fsp3) is 0.515. The zero-order chi connectivity index (χ0) is 28.7. The van der Waals surface area contributed by atoms with Crippen LogP contribution in [-0.4, -0.2) is 42.7 Å². The summed E-state index contributed by atoms with van der Waals surface area (Å²) in [6, 6.07) is 17.2. The van der Waals surface area contributed by atoms with Crippen molar-refractivity contribution in [2.75, 3.05) is 17.2 Å². The van der Waals surface area contributed by atoms with Crippen molar-refractivity contribution in [2.24, 2.45) is 0 Å². The normalized spacial score (nSPS) is 16.6. The summed E-state index contributed by atoms with van der Waals surface area (Å²) in [5.41, 5.74) is 5.96. The molecule has 2 aromatic carbocycles. The van der Waals surface area contributed by atoms with Gasteiger partial charge in [0.1, 0.15) is 0 Å². The molecule has 1 aromatic heterocycles. The fourth-order valence-corrected chi connectivity index (χ4v) is 6.43. The van der Waals surface area contributed by atoms with E-state index in [1.807, 2.05) is 12.3 Å². The van der Waals surface area contributed by atoms with Crippen LogP contribution in [-0.2, 0) is 29.2 Å². The minimum atomic E-state index is -2.38. The first-order valence-corrected chi connectivity index (χ1v) is 16.6. The number of anilines is 1. The number of nitrogens with zero attached hydrogens (tertiary/aromatic N) is 3.